The van der Waals surface area contributed by atoms with Crippen LogP contribution in [0.1, 0.15) is 18.1 Å². The molecule has 0 heterocycles. The number of para-hydroxylation sites is 1. The Morgan fingerprint density at radius 3 is 2.52 bits per heavy atom. The predicted octanol–water partition coefficient (Wildman–Crippen LogP) is 3.98. The summed E-state index contributed by atoms with van der Waals surface area (Å²) in [5.41, 5.74) is 9.22. The number of halogens is 1. The molecule has 2 aromatic rings. The van der Waals surface area contributed by atoms with Gasteiger partial charge in [0.15, 0.2) is 5.96 Å². The molecular formula is C18H24IN3O. The fourth-order valence-electron chi connectivity index (χ4n) is 2.13. The first-order valence-electron chi connectivity index (χ1n) is 7.53. The van der Waals surface area contributed by atoms with E-state index in [-0.39, 0.29) is 24.0 Å². The van der Waals surface area contributed by atoms with Crippen molar-refractivity contribution in [1.29, 1.82) is 0 Å². The molecule has 0 unspecified atom stereocenters. The molecule has 0 aliphatic rings. The number of anilines is 1. The maximum atomic E-state index is 5.91. The van der Waals surface area contributed by atoms with Crippen molar-refractivity contribution in [3.8, 4) is 5.75 Å². The van der Waals surface area contributed by atoms with E-state index in [4.69, 9.17) is 10.5 Å². The van der Waals surface area contributed by atoms with E-state index >= 15 is 0 Å². The van der Waals surface area contributed by atoms with Gasteiger partial charge in [0.05, 0.1) is 6.61 Å². The predicted molar refractivity (Wildman–Crippen MR) is 108 cm³/mol. The summed E-state index contributed by atoms with van der Waals surface area (Å²) in [6.45, 7) is 5.32. The van der Waals surface area contributed by atoms with Gasteiger partial charge in [0.25, 0.3) is 0 Å². The second-order valence-corrected chi connectivity index (χ2v) is 5.05. The monoisotopic (exact) mass is 425 g/mol. The van der Waals surface area contributed by atoms with Gasteiger partial charge in [-0.1, -0.05) is 35.9 Å². The minimum absolute atomic E-state index is 0. The Balaban J connectivity index is 0.00000264. The highest BCUT2D eigenvalue weighted by Crippen LogP contribution is 2.18. The highest BCUT2D eigenvalue weighted by molar-refractivity contribution is 14.0. The third-order valence-corrected chi connectivity index (χ3v) is 3.26. The fourth-order valence-corrected chi connectivity index (χ4v) is 2.13. The average molecular weight is 425 g/mol. The van der Waals surface area contributed by atoms with Crippen LogP contribution in [-0.2, 0) is 6.42 Å². The molecule has 4 nitrogen and oxygen atoms in total. The van der Waals surface area contributed by atoms with Crippen molar-refractivity contribution in [2.24, 2.45) is 10.7 Å². The SMILES string of the molecule is CCOc1ccccc1CCN=C(N)Nc1ccc(C)cc1.I. The van der Waals surface area contributed by atoms with Crippen LogP contribution in [0.25, 0.3) is 0 Å². The molecule has 0 radical (unpaired) electrons. The lowest BCUT2D eigenvalue weighted by Crippen LogP contribution is -2.23. The average Bonchev–Trinajstić information content (AvgIpc) is 2.51. The molecule has 0 aromatic heterocycles. The summed E-state index contributed by atoms with van der Waals surface area (Å²) in [7, 11) is 0. The van der Waals surface area contributed by atoms with Crippen LogP contribution in [0.4, 0.5) is 5.69 Å². The Morgan fingerprint density at radius 1 is 1.13 bits per heavy atom. The lowest BCUT2D eigenvalue weighted by molar-refractivity contribution is 0.336. The van der Waals surface area contributed by atoms with Crippen LogP contribution >= 0.6 is 24.0 Å². The van der Waals surface area contributed by atoms with Gasteiger partial charge in [0.2, 0.25) is 0 Å². The van der Waals surface area contributed by atoms with Crippen molar-refractivity contribution in [2.45, 2.75) is 20.3 Å². The molecule has 5 heteroatoms. The van der Waals surface area contributed by atoms with E-state index < -0.39 is 0 Å². The number of aryl methyl sites for hydroxylation is 1. The van der Waals surface area contributed by atoms with Gasteiger partial charge in [0.1, 0.15) is 5.75 Å². The van der Waals surface area contributed by atoms with Crippen LogP contribution < -0.4 is 15.8 Å². The minimum Gasteiger partial charge on any atom is -0.494 e. The first-order valence-corrected chi connectivity index (χ1v) is 7.53. The topological polar surface area (TPSA) is 59.6 Å². The van der Waals surface area contributed by atoms with Gasteiger partial charge < -0.3 is 15.8 Å². The van der Waals surface area contributed by atoms with Crippen molar-refractivity contribution in [3.05, 3.63) is 59.7 Å². The van der Waals surface area contributed by atoms with E-state index in [0.29, 0.717) is 19.1 Å². The molecule has 0 fully saturated rings. The van der Waals surface area contributed by atoms with Crippen LogP contribution in [0.2, 0.25) is 0 Å². The standard InChI is InChI=1S/C18H23N3O.HI/c1-3-22-17-7-5-4-6-15(17)12-13-20-18(19)21-16-10-8-14(2)9-11-16;/h4-11H,3,12-13H2,1-2H3,(H3,19,20,21);1H. The van der Waals surface area contributed by atoms with E-state index in [9.17, 15) is 0 Å². The first kappa shape index (κ1) is 19.3. The molecule has 0 aliphatic heterocycles. The van der Waals surface area contributed by atoms with Gasteiger partial charge >= 0.3 is 0 Å². The highest BCUT2D eigenvalue weighted by atomic mass is 127. The zero-order valence-electron chi connectivity index (χ0n) is 13.6. The zero-order chi connectivity index (χ0) is 15.8. The molecule has 0 bridgehead atoms. The lowest BCUT2D eigenvalue weighted by Gasteiger charge is -2.09. The summed E-state index contributed by atoms with van der Waals surface area (Å²) in [4.78, 5) is 4.37. The lowest BCUT2D eigenvalue weighted by atomic mass is 10.1. The van der Waals surface area contributed by atoms with E-state index in [1.54, 1.807) is 0 Å². The number of benzene rings is 2. The van der Waals surface area contributed by atoms with Crippen molar-refractivity contribution in [3.63, 3.8) is 0 Å². The molecule has 124 valence electrons. The largest absolute Gasteiger partial charge is 0.494 e. The molecule has 23 heavy (non-hydrogen) atoms. The summed E-state index contributed by atoms with van der Waals surface area (Å²) >= 11 is 0. The number of nitrogens with zero attached hydrogens (tertiary/aromatic N) is 1. The van der Waals surface area contributed by atoms with Crippen molar-refractivity contribution >= 4 is 35.6 Å². The Labute approximate surface area is 155 Å². The fraction of sp³-hybridized carbons (Fsp3) is 0.278. The van der Waals surface area contributed by atoms with Gasteiger partial charge in [-0.2, -0.15) is 0 Å². The van der Waals surface area contributed by atoms with Crippen LogP contribution in [-0.4, -0.2) is 19.1 Å². The number of ether oxygens (including phenoxy) is 1. The third kappa shape index (κ3) is 6.48. The van der Waals surface area contributed by atoms with Gasteiger partial charge in [0, 0.05) is 12.2 Å². The third-order valence-electron chi connectivity index (χ3n) is 3.26. The Bertz CT molecular complexity index is 626. The van der Waals surface area contributed by atoms with Crippen LogP contribution in [0.3, 0.4) is 0 Å². The van der Waals surface area contributed by atoms with E-state index in [0.717, 1.165) is 23.4 Å². The molecular weight excluding hydrogens is 401 g/mol. The number of nitrogens with two attached hydrogens (primary N) is 1. The summed E-state index contributed by atoms with van der Waals surface area (Å²) in [6.07, 6.45) is 0.798. The van der Waals surface area contributed by atoms with Crippen molar-refractivity contribution in [2.75, 3.05) is 18.5 Å². The van der Waals surface area contributed by atoms with E-state index in [1.807, 2.05) is 49.4 Å². The van der Waals surface area contributed by atoms with Crippen molar-refractivity contribution < 1.29 is 4.74 Å². The number of hydrogen-bond acceptors (Lipinski definition) is 2. The smallest absolute Gasteiger partial charge is 0.193 e. The van der Waals surface area contributed by atoms with E-state index in [1.165, 1.54) is 5.56 Å². The molecule has 0 atom stereocenters. The molecule has 0 saturated heterocycles. The van der Waals surface area contributed by atoms with Crippen molar-refractivity contribution in [1.82, 2.24) is 0 Å². The molecule has 2 aromatic carbocycles. The van der Waals surface area contributed by atoms with Gasteiger partial charge in [-0.15, -0.1) is 24.0 Å². The highest BCUT2D eigenvalue weighted by Gasteiger charge is 2.02. The molecule has 0 amide bonds. The normalized spacial score (nSPS) is 10.8. The maximum absolute atomic E-state index is 5.91. The number of guanidine groups is 1. The van der Waals surface area contributed by atoms with Gasteiger partial charge in [-0.05, 0) is 44.0 Å². The number of rotatable bonds is 6. The molecule has 0 spiro atoms. The summed E-state index contributed by atoms with van der Waals surface area (Å²) in [5.74, 6) is 1.35. The Hall–Kier alpha value is -1.76. The van der Waals surface area contributed by atoms with Gasteiger partial charge in [-0.25, -0.2) is 0 Å². The van der Waals surface area contributed by atoms with Crippen LogP contribution in [0, 0.1) is 6.92 Å². The molecule has 0 saturated carbocycles. The Kier molecular flexibility index (Phi) is 8.47. The molecule has 3 N–H and O–H groups in total. The Morgan fingerprint density at radius 2 is 1.83 bits per heavy atom. The molecule has 0 aliphatic carbocycles. The minimum atomic E-state index is 0. The summed E-state index contributed by atoms with van der Waals surface area (Å²) in [5, 5.41) is 3.09. The second-order valence-electron chi connectivity index (χ2n) is 5.05. The number of aliphatic imine (C=N–C) groups is 1. The maximum Gasteiger partial charge on any atom is 0.193 e. The quantitative estimate of drug-likeness (QED) is 0.418. The van der Waals surface area contributed by atoms with E-state index in [2.05, 4.69) is 23.3 Å². The number of hydrogen-bond donors (Lipinski definition) is 2. The second kappa shape index (κ2) is 10.1. The first-order chi connectivity index (χ1) is 10.7. The summed E-state index contributed by atoms with van der Waals surface area (Å²) < 4.78 is 5.61. The zero-order valence-corrected chi connectivity index (χ0v) is 15.9. The van der Waals surface area contributed by atoms with Gasteiger partial charge in [-0.3, -0.25) is 4.99 Å². The summed E-state index contributed by atoms with van der Waals surface area (Å²) in [6, 6.07) is 16.1. The van der Waals surface area contributed by atoms with Crippen LogP contribution in [0.15, 0.2) is 53.5 Å². The number of nitrogens with one attached hydrogen (secondary N) is 1. The molecule has 2 rings (SSSR count). The van der Waals surface area contributed by atoms with Crippen LogP contribution in [0.5, 0.6) is 5.75 Å².